The second-order valence-electron chi connectivity index (χ2n) is 5.10. The highest BCUT2D eigenvalue weighted by atomic mass is 16.6. The fourth-order valence-corrected chi connectivity index (χ4v) is 2.22. The zero-order valence-corrected chi connectivity index (χ0v) is 13.1. The first-order chi connectivity index (χ1) is 11.2. The maximum absolute atomic E-state index is 12.2. The quantitative estimate of drug-likeness (QED) is 0.736. The minimum Gasteiger partial charge on any atom is -0.448 e. The van der Waals surface area contributed by atoms with Crippen LogP contribution in [-0.2, 0) is 4.74 Å². The van der Waals surface area contributed by atoms with Gasteiger partial charge in [-0.25, -0.2) is 9.78 Å². The molecule has 0 aliphatic rings. The Morgan fingerprint density at radius 2 is 1.74 bits per heavy atom. The summed E-state index contributed by atoms with van der Waals surface area (Å²) in [6.07, 6.45) is -0.530. The number of hydrogen-bond acceptors (Lipinski definition) is 4. The van der Waals surface area contributed by atoms with Crippen molar-refractivity contribution in [1.82, 2.24) is 14.8 Å². The molecule has 0 amide bonds. The molecule has 5 nitrogen and oxygen atoms in total. The number of carbonyl (C=O) groups is 1. The van der Waals surface area contributed by atoms with Crippen molar-refractivity contribution < 1.29 is 9.53 Å². The molecule has 3 rings (SSSR count). The third kappa shape index (κ3) is 3.13. The molecule has 3 aromatic rings. The highest BCUT2D eigenvalue weighted by Crippen LogP contribution is 2.22. The number of carbonyl (C=O) groups excluding carboxylic acids is 1. The van der Waals surface area contributed by atoms with Gasteiger partial charge in [-0.1, -0.05) is 60.2 Å². The minimum atomic E-state index is -0.530. The summed E-state index contributed by atoms with van der Waals surface area (Å²) in [7, 11) is 0. The fraction of sp³-hybridized carbons (Fsp3) is 0.167. The van der Waals surface area contributed by atoms with Crippen molar-refractivity contribution in [2.24, 2.45) is 0 Å². The molecule has 0 radical (unpaired) electrons. The average Bonchev–Trinajstić information content (AvgIpc) is 3.02. The van der Waals surface area contributed by atoms with Gasteiger partial charge in [0.05, 0.1) is 6.61 Å². The number of benzene rings is 2. The molecule has 5 heteroatoms. The van der Waals surface area contributed by atoms with Crippen LogP contribution in [0.1, 0.15) is 12.5 Å². The number of nitrogens with zero attached hydrogens (tertiary/aromatic N) is 3. The SMILES string of the molecule is CCOC(=O)n1nc(-c2ccc(C)cc2)nc1-c1ccccc1. The van der Waals surface area contributed by atoms with Gasteiger partial charge in [0.1, 0.15) is 0 Å². The molecule has 1 aromatic heterocycles. The molecule has 0 spiro atoms. The lowest BCUT2D eigenvalue weighted by atomic mass is 10.1. The van der Waals surface area contributed by atoms with Crippen LogP contribution >= 0.6 is 0 Å². The summed E-state index contributed by atoms with van der Waals surface area (Å²) in [5, 5.41) is 4.34. The van der Waals surface area contributed by atoms with E-state index in [1.807, 2.05) is 61.5 Å². The van der Waals surface area contributed by atoms with Crippen molar-refractivity contribution in [2.45, 2.75) is 13.8 Å². The van der Waals surface area contributed by atoms with Gasteiger partial charge in [0.15, 0.2) is 11.6 Å². The lowest BCUT2D eigenvalue weighted by molar-refractivity contribution is 0.151. The molecule has 0 fully saturated rings. The van der Waals surface area contributed by atoms with Crippen LogP contribution in [0.4, 0.5) is 4.79 Å². The van der Waals surface area contributed by atoms with Crippen LogP contribution in [0.5, 0.6) is 0 Å². The van der Waals surface area contributed by atoms with E-state index in [1.54, 1.807) is 6.92 Å². The first-order valence-electron chi connectivity index (χ1n) is 7.45. The van der Waals surface area contributed by atoms with E-state index in [1.165, 1.54) is 4.68 Å². The molecule has 0 aliphatic heterocycles. The van der Waals surface area contributed by atoms with Crippen LogP contribution in [-0.4, -0.2) is 27.5 Å². The molecule has 0 N–H and O–H groups in total. The van der Waals surface area contributed by atoms with E-state index in [0.29, 0.717) is 11.6 Å². The molecule has 1 heterocycles. The molecule has 0 unspecified atom stereocenters. The predicted molar refractivity (Wildman–Crippen MR) is 88.1 cm³/mol. The normalized spacial score (nSPS) is 10.5. The smallest absolute Gasteiger partial charge is 0.436 e. The largest absolute Gasteiger partial charge is 0.448 e. The Morgan fingerprint density at radius 1 is 1.04 bits per heavy atom. The molecule has 0 saturated heterocycles. The van der Waals surface area contributed by atoms with Crippen molar-refractivity contribution in [1.29, 1.82) is 0 Å². The highest BCUT2D eigenvalue weighted by Gasteiger charge is 2.19. The van der Waals surface area contributed by atoms with E-state index < -0.39 is 6.09 Å². The van der Waals surface area contributed by atoms with E-state index in [0.717, 1.165) is 16.7 Å². The Bertz CT molecular complexity index is 808. The van der Waals surface area contributed by atoms with E-state index in [-0.39, 0.29) is 6.61 Å². The van der Waals surface area contributed by atoms with Crippen molar-refractivity contribution in [3.8, 4) is 22.8 Å². The van der Waals surface area contributed by atoms with Crippen LogP contribution in [0.3, 0.4) is 0 Å². The summed E-state index contributed by atoms with van der Waals surface area (Å²) in [5.74, 6) is 0.969. The Hall–Kier alpha value is -2.95. The number of aryl methyl sites for hydroxylation is 1. The summed E-state index contributed by atoms with van der Waals surface area (Å²) < 4.78 is 6.30. The topological polar surface area (TPSA) is 57.0 Å². The highest BCUT2D eigenvalue weighted by molar-refractivity contribution is 5.77. The van der Waals surface area contributed by atoms with E-state index >= 15 is 0 Å². The van der Waals surface area contributed by atoms with Gasteiger partial charge in [0.2, 0.25) is 0 Å². The van der Waals surface area contributed by atoms with E-state index in [4.69, 9.17) is 4.74 Å². The van der Waals surface area contributed by atoms with Crippen LogP contribution in [0.2, 0.25) is 0 Å². The molecule has 0 saturated carbocycles. The summed E-state index contributed by atoms with van der Waals surface area (Å²) in [5.41, 5.74) is 2.82. The van der Waals surface area contributed by atoms with E-state index in [9.17, 15) is 4.79 Å². The second kappa shape index (κ2) is 6.44. The van der Waals surface area contributed by atoms with Crippen LogP contribution in [0, 0.1) is 6.92 Å². The summed E-state index contributed by atoms with van der Waals surface area (Å²) in [6.45, 7) is 4.06. The Kier molecular flexibility index (Phi) is 4.19. The van der Waals surface area contributed by atoms with Gasteiger partial charge in [0.25, 0.3) is 0 Å². The minimum absolute atomic E-state index is 0.285. The average molecular weight is 307 g/mol. The van der Waals surface area contributed by atoms with Crippen LogP contribution < -0.4 is 0 Å². The van der Waals surface area contributed by atoms with Crippen LogP contribution in [0.25, 0.3) is 22.8 Å². The monoisotopic (exact) mass is 307 g/mol. The third-order valence-corrected chi connectivity index (χ3v) is 3.39. The van der Waals surface area contributed by atoms with Crippen molar-refractivity contribution in [2.75, 3.05) is 6.61 Å². The first-order valence-corrected chi connectivity index (χ1v) is 7.45. The standard InChI is InChI=1S/C18H17N3O2/c1-3-23-18(22)21-17(15-7-5-4-6-8-15)19-16(20-21)14-11-9-13(2)10-12-14/h4-12H,3H2,1-2H3. The number of hydrogen-bond donors (Lipinski definition) is 0. The van der Waals surface area contributed by atoms with Crippen molar-refractivity contribution in [3.63, 3.8) is 0 Å². The van der Waals surface area contributed by atoms with Crippen LogP contribution in [0.15, 0.2) is 54.6 Å². The molecule has 2 aromatic carbocycles. The predicted octanol–water partition coefficient (Wildman–Crippen LogP) is 3.93. The van der Waals surface area contributed by atoms with Gasteiger partial charge in [-0.2, -0.15) is 0 Å². The molecule has 0 aliphatic carbocycles. The molecule has 0 bridgehead atoms. The Labute approximate surface area is 134 Å². The first kappa shape index (κ1) is 15.0. The number of rotatable bonds is 3. The Morgan fingerprint density at radius 3 is 2.39 bits per heavy atom. The number of aromatic nitrogens is 3. The molecular formula is C18H17N3O2. The fourth-order valence-electron chi connectivity index (χ4n) is 2.22. The van der Waals surface area contributed by atoms with Gasteiger partial charge < -0.3 is 4.74 Å². The van der Waals surface area contributed by atoms with Gasteiger partial charge in [-0.3, -0.25) is 0 Å². The second-order valence-corrected chi connectivity index (χ2v) is 5.10. The maximum atomic E-state index is 12.2. The van der Waals surface area contributed by atoms with Crippen molar-refractivity contribution in [3.05, 3.63) is 60.2 Å². The lowest BCUT2D eigenvalue weighted by Crippen LogP contribution is -2.16. The van der Waals surface area contributed by atoms with Gasteiger partial charge >= 0.3 is 6.09 Å². The maximum Gasteiger partial charge on any atom is 0.436 e. The summed E-state index contributed by atoms with van der Waals surface area (Å²) >= 11 is 0. The molecule has 0 atom stereocenters. The number of ether oxygens (including phenoxy) is 1. The van der Waals surface area contributed by atoms with Gasteiger partial charge in [-0.15, -0.1) is 9.78 Å². The molecule has 23 heavy (non-hydrogen) atoms. The zero-order chi connectivity index (χ0) is 16.2. The summed E-state index contributed by atoms with van der Waals surface area (Å²) in [4.78, 5) is 16.7. The van der Waals surface area contributed by atoms with Gasteiger partial charge in [-0.05, 0) is 13.8 Å². The lowest BCUT2D eigenvalue weighted by Gasteiger charge is -2.04. The van der Waals surface area contributed by atoms with E-state index in [2.05, 4.69) is 10.1 Å². The Balaban J connectivity index is 2.10. The van der Waals surface area contributed by atoms with Gasteiger partial charge in [0, 0.05) is 11.1 Å². The third-order valence-electron chi connectivity index (χ3n) is 3.39. The zero-order valence-electron chi connectivity index (χ0n) is 13.1. The van der Waals surface area contributed by atoms with Crippen molar-refractivity contribution >= 4 is 6.09 Å². The molecule has 116 valence electrons. The molecular weight excluding hydrogens is 290 g/mol. The summed E-state index contributed by atoms with van der Waals surface area (Å²) in [6, 6.07) is 17.3.